The zero-order valence-electron chi connectivity index (χ0n) is 16.9. The van der Waals surface area contributed by atoms with Crippen LogP contribution in [0.4, 0.5) is 0 Å². The van der Waals surface area contributed by atoms with Crippen molar-refractivity contribution in [3.05, 3.63) is 92.4 Å². The molecule has 0 aliphatic heterocycles. The molecule has 0 heterocycles. The molecule has 0 aliphatic rings. The topological polar surface area (TPSA) is 66.6 Å². The first-order chi connectivity index (χ1) is 15.1. The normalized spacial score (nSPS) is 10.6. The van der Waals surface area contributed by atoms with Crippen LogP contribution in [0.25, 0.3) is 0 Å². The Bertz CT molecular complexity index is 1090. The molecule has 0 aliphatic carbocycles. The highest BCUT2D eigenvalue weighted by Gasteiger charge is 2.12. The quantitative estimate of drug-likeness (QED) is 0.287. The second-order valence-electron chi connectivity index (χ2n) is 6.58. The van der Waals surface area contributed by atoms with E-state index in [9.17, 15) is 0 Å². The summed E-state index contributed by atoms with van der Waals surface area (Å²) >= 11 is 9.47. The third kappa shape index (κ3) is 6.74. The summed E-state index contributed by atoms with van der Waals surface area (Å²) in [5.74, 6) is 1.22. The minimum atomic E-state index is 0.324. The summed E-state index contributed by atoms with van der Waals surface area (Å²) in [5, 5.41) is 14.1. The van der Waals surface area contributed by atoms with Crippen LogP contribution in [0.5, 0.6) is 11.5 Å². The van der Waals surface area contributed by atoms with Gasteiger partial charge in [-0.3, -0.25) is 0 Å². The van der Waals surface area contributed by atoms with Crippen LogP contribution in [0.2, 0.25) is 5.02 Å². The van der Waals surface area contributed by atoms with Crippen LogP contribution in [-0.4, -0.2) is 12.8 Å². The molecule has 0 radical (unpaired) electrons. The molecule has 0 spiro atoms. The fourth-order valence-corrected chi connectivity index (χ4v) is 3.51. The number of benzene rings is 3. The van der Waals surface area contributed by atoms with E-state index in [1.807, 2.05) is 61.5 Å². The molecule has 0 atom stereocenters. The SMILES string of the molecule is CCOc1cc(/C=N\NCc2ccc(Cl)cc2)cc(Br)c1OCc1cccc(C#N)c1. The number of hydrogen-bond donors (Lipinski definition) is 1. The van der Waals surface area contributed by atoms with Crippen molar-refractivity contribution >= 4 is 33.7 Å². The lowest BCUT2D eigenvalue weighted by Gasteiger charge is -2.15. The Morgan fingerprint density at radius 1 is 1.10 bits per heavy atom. The minimum Gasteiger partial charge on any atom is -0.490 e. The third-order valence-electron chi connectivity index (χ3n) is 4.27. The molecule has 0 saturated carbocycles. The molecule has 5 nitrogen and oxygen atoms in total. The smallest absolute Gasteiger partial charge is 0.175 e. The van der Waals surface area contributed by atoms with Gasteiger partial charge in [0, 0.05) is 5.02 Å². The lowest BCUT2D eigenvalue weighted by Crippen LogP contribution is -2.06. The Morgan fingerprint density at radius 2 is 1.90 bits per heavy atom. The molecule has 158 valence electrons. The van der Waals surface area contributed by atoms with E-state index in [4.69, 9.17) is 26.3 Å². The molecular weight excluding hydrogens is 478 g/mol. The maximum Gasteiger partial charge on any atom is 0.175 e. The molecule has 0 amide bonds. The van der Waals surface area contributed by atoms with Crippen LogP contribution in [-0.2, 0) is 13.2 Å². The summed E-state index contributed by atoms with van der Waals surface area (Å²) in [6.45, 7) is 3.34. The van der Waals surface area contributed by atoms with Crippen molar-refractivity contribution in [1.82, 2.24) is 5.43 Å². The molecule has 3 aromatic rings. The maximum atomic E-state index is 9.06. The zero-order chi connectivity index (χ0) is 22.1. The van der Waals surface area contributed by atoms with Crippen LogP contribution in [0, 0.1) is 11.3 Å². The average Bonchev–Trinajstić information content (AvgIpc) is 2.78. The van der Waals surface area contributed by atoms with Crippen molar-refractivity contribution in [2.75, 3.05) is 6.61 Å². The van der Waals surface area contributed by atoms with Crippen LogP contribution >= 0.6 is 27.5 Å². The van der Waals surface area contributed by atoms with E-state index >= 15 is 0 Å². The van der Waals surface area contributed by atoms with E-state index in [-0.39, 0.29) is 0 Å². The van der Waals surface area contributed by atoms with Gasteiger partial charge in [-0.2, -0.15) is 10.4 Å². The molecule has 3 rings (SSSR count). The van der Waals surface area contributed by atoms with Gasteiger partial charge >= 0.3 is 0 Å². The van der Waals surface area contributed by atoms with E-state index < -0.39 is 0 Å². The molecule has 0 aromatic heterocycles. The van der Waals surface area contributed by atoms with Crippen LogP contribution < -0.4 is 14.9 Å². The van der Waals surface area contributed by atoms with Crippen LogP contribution in [0.1, 0.15) is 29.2 Å². The van der Waals surface area contributed by atoms with Gasteiger partial charge in [0.05, 0.1) is 35.5 Å². The molecule has 0 bridgehead atoms. The summed E-state index contributed by atoms with van der Waals surface area (Å²) in [7, 11) is 0. The van der Waals surface area contributed by atoms with E-state index in [0.717, 1.165) is 21.2 Å². The summed E-state index contributed by atoms with van der Waals surface area (Å²) in [5.41, 5.74) is 6.48. The highest BCUT2D eigenvalue weighted by molar-refractivity contribution is 9.10. The fourth-order valence-electron chi connectivity index (χ4n) is 2.81. The van der Waals surface area contributed by atoms with Crippen molar-refractivity contribution in [2.45, 2.75) is 20.1 Å². The lowest BCUT2D eigenvalue weighted by molar-refractivity contribution is 0.267. The number of hydrazone groups is 1. The van der Waals surface area contributed by atoms with Crippen molar-refractivity contribution in [3.8, 4) is 17.6 Å². The van der Waals surface area contributed by atoms with Crippen LogP contribution in [0.15, 0.2) is 70.2 Å². The molecule has 0 unspecified atom stereocenters. The first kappa shape index (κ1) is 22.7. The zero-order valence-corrected chi connectivity index (χ0v) is 19.3. The van der Waals surface area contributed by atoms with Gasteiger partial charge in [0.2, 0.25) is 0 Å². The van der Waals surface area contributed by atoms with Gasteiger partial charge in [-0.05, 0) is 75.9 Å². The van der Waals surface area contributed by atoms with Gasteiger partial charge in [0.15, 0.2) is 11.5 Å². The average molecular weight is 499 g/mol. The Labute approximate surface area is 195 Å². The van der Waals surface area contributed by atoms with E-state index in [1.165, 1.54) is 0 Å². The molecule has 0 saturated heterocycles. The van der Waals surface area contributed by atoms with Gasteiger partial charge in [0.1, 0.15) is 6.61 Å². The predicted molar refractivity (Wildman–Crippen MR) is 127 cm³/mol. The summed E-state index contributed by atoms with van der Waals surface area (Å²) in [6, 6.07) is 20.9. The van der Waals surface area contributed by atoms with Crippen molar-refractivity contribution < 1.29 is 9.47 Å². The Hall–Kier alpha value is -3.01. The van der Waals surface area contributed by atoms with Gasteiger partial charge in [-0.1, -0.05) is 35.9 Å². The largest absolute Gasteiger partial charge is 0.490 e. The van der Waals surface area contributed by atoms with Crippen molar-refractivity contribution in [2.24, 2.45) is 5.10 Å². The predicted octanol–water partition coefficient (Wildman–Crippen LogP) is 6.08. The Kier molecular flexibility index (Phi) is 8.34. The summed E-state index contributed by atoms with van der Waals surface area (Å²) in [6.07, 6.45) is 1.73. The van der Waals surface area contributed by atoms with Gasteiger partial charge in [-0.15, -0.1) is 0 Å². The van der Waals surface area contributed by atoms with Crippen molar-refractivity contribution in [1.29, 1.82) is 5.26 Å². The number of ether oxygens (including phenoxy) is 2. The van der Waals surface area contributed by atoms with Gasteiger partial charge in [0.25, 0.3) is 0 Å². The second-order valence-corrected chi connectivity index (χ2v) is 7.87. The van der Waals surface area contributed by atoms with Crippen LogP contribution in [0.3, 0.4) is 0 Å². The lowest BCUT2D eigenvalue weighted by atomic mass is 10.1. The number of nitrogens with zero attached hydrogens (tertiary/aromatic N) is 2. The van der Waals surface area contributed by atoms with Gasteiger partial charge in [-0.25, -0.2) is 0 Å². The Morgan fingerprint density at radius 3 is 2.65 bits per heavy atom. The monoisotopic (exact) mass is 497 g/mol. The highest BCUT2D eigenvalue weighted by atomic mass is 79.9. The molecule has 7 heteroatoms. The third-order valence-corrected chi connectivity index (χ3v) is 5.11. The summed E-state index contributed by atoms with van der Waals surface area (Å²) in [4.78, 5) is 0. The van der Waals surface area contributed by atoms with Crippen molar-refractivity contribution in [3.63, 3.8) is 0 Å². The first-order valence-electron chi connectivity index (χ1n) is 9.67. The number of nitriles is 1. The molecular formula is C24H21BrClN3O2. The molecule has 0 fully saturated rings. The summed E-state index contributed by atoms with van der Waals surface area (Å²) < 4.78 is 12.5. The number of halogens is 2. The number of nitrogens with one attached hydrogen (secondary N) is 1. The fraction of sp³-hybridized carbons (Fsp3) is 0.167. The maximum absolute atomic E-state index is 9.06. The molecule has 3 aromatic carbocycles. The number of hydrogen-bond acceptors (Lipinski definition) is 5. The standard InChI is InChI=1S/C24H21BrClN3O2/c1-2-30-23-12-20(15-29-28-14-17-6-8-21(26)9-7-17)11-22(25)24(23)31-16-19-5-3-4-18(10-19)13-27/h3-12,15,28H,2,14,16H2,1H3/b29-15-. The Balaban J connectivity index is 1.68. The number of rotatable bonds is 9. The first-order valence-corrected chi connectivity index (χ1v) is 10.8. The van der Waals surface area contributed by atoms with E-state index in [0.29, 0.717) is 41.8 Å². The highest BCUT2D eigenvalue weighted by Crippen LogP contribution is 2.37. The second kappa shape index (κ2) is 11.4. The molecule has 31 heavy (non-hydrogen) atoms. The van der Waals surface area contributed by atoms with E-state index in [2.05, 4.69) is 32.5 Å². The molecule has 1 N–H and O–H groups in total. The minimum absolute atomic E-state index is 0.324. The van der Waals surface area contributed by atoms with E-state index in [1.54, 1.807) is 12.3 Å². The van der Waals surface area contributed by atoms with Gasteiger partial charge < -0.3 is 14.9 Å².